The molecule has 4 nitrogen and oxygen atoms in total. The fourth-order valence-corrected chi connectivity index (χ4v) is 2.43. The van der Waals surface area contributed by atoms with Crippen molar-refractivity contribution >= 4 is 5.97 Å². The highest BCUT2D eigenvalue weighted by molar-refractivity contribution is 5.86. The van der Waals surface area contributed by atoms with E-state index in [9.17, 15) is 9.90 Å². The van der Waals surface area contributed by atoms with Crippen LogP contribution >= 0.6 is 0 Å². The van der Waals surface area contributed by atoms with Gasteiger partial charge in [0.25, 0.3) is 0 Å². The number of esters is 1. The Labute approximate surface area is 155 Å². The van der Waals surface area contributed by atoms with Gasteiger partial charge in [-0.15, -0.1) is 0 Å². The number of benzene rings is 2. The van der Waals surface area contributed by atoms with Crippen molar-refractivity contribution in [3.8, 4) is 22.6 Å². The molecule has 0 spiro atoms. The van der Waals surface area contributed by atoms with Crippen LogP contribution in [-0.2, 0) is 9.53 Å². The molecule has 0 aliphatic heterocycles. The van der Waals surface area contributed by atoms with E-state index in [2.05, 4.69) is 6.58 Å². The lowest BCUT2D eigenvalue weighted by Crippen LogP contribution is -2.06. The Morgan fingerprint density at radius 3 is 2.00 bits per heavy atom. The van der Waals surface area contributed by atoms with E-state index in [0.717, 1.165) is 42.6 Å². The molecule has 0 saturated carbocycles. The average Bonchev–Trinajstić information content (AvgIpc) is 2.65. The van der Waals surface area contributed by atoms with E-state index in [-0.39, 0.29) is 11.7 Å². The van der Waals surface area contributed by atoms with Gasteiger partial charge in [-0.1, -0.05) is 30.8 Å². The molecule has 0 aliphatic rings. The summed E-state index contributed by atoms with van der Waals surface area (Å²) in [4.78, 5) is 11.2. The van der Waals surface area contributed by atoms with Crippen LogP contribution in [-0.4, -0.2) is 24.3 Å². The maximum Gasteiger partial charge on any atom is 0.333 e. The molecule has 2 rings (SSSR count). The maximum atomic E-state index is 11.2. The highest BCUT2D eigenvalue weighted by Crippen LogP contribution is 2.24. The Morgan fingerprint density at radius 2 is 1.42 bits per heavy atom. The summed E-state index contributed by atoms with van der Waals surface area (Å²) in [6.45, 7) is 6.32. The molecule has 0 aromatic heterocycles. The lowest BCUT2D eigenvalue weighted by Gasteiger charge is -2.08. The normalized spacial score (nSPS) is 10.3. The van der Waals surface area contributed by atoms with Crippen LogP contribution in [0.1, 0.15) is 32.6 Å². The predicted octanol–water partition coefficient (Wildman–Crippen LogP) is 5.12. The monoisotopic (exact) mass is 354 g/mol. The number of aromatic hydroxyl groups is 1. The molecule has 0 aliphatic carbocycles. The SMILES string of the molecule is C=C(C)C(=O)OCCCCCCOc1ccc(-c2ccc(O)cc2)cc1. The Morgan fingerprint density at radius 1 is 0.885 bits per heavy atom. The van der Waals surface area contributed by atoms with Crippen molar-refractivity contribution in [1.82, 2.24) is 0 Å². The molecule has 0 radical (unpaired) electrons. The van der Waals surface area contributed by atoms with Gasteiger partial charge < -0.3 is 14.6 Å². The molecule has 0 atom stereocenters. The quantitative estimate of drug-likeness (QED) is 0.366. The first-order chi connectivity index (χ1) is 12.6. The molecule has 2 aromatic carbocycles. The summed E-state index contributed by atoms with van der Waals surface area (Å²) >= 11 is 0. The third kappa shape index (κ3) is 6.63. The van der Waals surface area contributed by atoms with Gasteiger partial charge in [0.1, 0.15) is 11.5 Å². The molecule has 0 heterocycles. The minimum absolute atomic E-state index is 0.266. The van der Waals surface area contributed by atoms with Crippen LogP contribution < -0.4 is 4.74 Å². The highest BCUT2D eigenvalue weighted by Gasteiger charge is 2.02. The van der Waals surface area contributed by atoms with Gasteiger partial charge in [-0.25, -0.2) is 4.79 Å². The van der Waals surface area contributed by atoms with Crippen molar-refractivity contribution in [2.45, 2.75) is 32.6 Å². The zero-order valence-electron chi connectivity index (χ0n) is 15.2. The third-order valence-corrected chi connectivity index (χ3v) is 3.94. The van der Waals surface area contributed by atoms with Gasteiger partial charge in [0.15, 0.2) is 0 Å². The first kappa shape index (κ1) is 19.6. The van der Waals surface area contributed by atoms with E-state index >= 15 is 0 Å². The smallest absolute Gasteiger partial charge is 0.333 e. The maximum absolute atomic E-state index is 11.2. The number of carbonyl (C=O) groups excluding carboxylic acids is 1. The fraction of sp³-hybridized carbons (Fsp3) is 0.318. The molecular formula is C22H26O4. The zero-order valence-corrected chi connectivity index (χ0v) is 15.2. The summed E-state index contributed by atoms with van der Waals surface area (Å²) in [5.74, 6) is 0.801. The molecule has 0 unspecified atom stereocenters. The number of unbranched alkanes of at least 4 members (excludes halogenated alkanes) is 3. The lowest BCUT2D eigenvalue weighted by atomic mass is 10.1. The van der Waals surface area contributed by atoms with Gasteiger partial charge in [0.05, 0.1) is 13.2 Å². The molecule has 138 valence electrons. The standard InChI is InChI=1S/C22H26O4/c1-17(2)22(24)26-16-6-4-3-5-15-25-21-13-9-19(10-14-21)18-7-11-20(23)12-8-18/h7-14,23H,1,3-6,15-16H2,2H3. The second kappa shape index (κ2) is 10.3. The Bertz CT molecular complexity index is 702. The topological polar surface area (TPSA) is 55.8 Å². The van der Waals surface area contributed by atoms with Crippen LogP contribution in [0.4, 0.5) is 0 Å². The van der Waals surface area contributed by atoms with Crippen molar-refractivity contribution in [3.05, 3.63) is 60.7 Å². The van der Waals surface area contributed by atoms with E-state index in [1.54, 1.807) is 19.1 Å². The Balaban J connectivity index is 1.61. The molecule has 26 heavy (non-hydrogen) atoms. The molecule has 0 bridgehead atoms. The first-order valence-corrected chi connectivity index (χ1v) is 8.91. The summed E-state index contributed by atoms with van der Waals surface area (Å²) in [6, 6.07) is 15.1. The molecule has 2 aromatic rings. The van der Waals surface area contributed by atoms with E-state index in [4.69, 9.17) is 9.47 Å². The summed E-state index contributed by atoms with van der Waals surface area (Å²) in [6.07, 6.45) is 3.87. The van der Waals surface area contributed by atoms with Crippen molar-refractivity contribution in [3.63, 3.8) is 0 Å². The minimum Gasteiger partial charge on any atom is -0.508 e. The largest absolute Gasteiger partial charge is 0.508 e. The second-order valence-electron chi connectivity index (χ2n) is 6.25. The van der Waals surface area contributed by atoms with Gasteiger partial charge in [-0.3, -0.25) is 0 Å². The lowest BCUT2D eigenvalue weighted by molar-refractivity contribution is -0.139. The summed E-state index contributed by atoms with van der Waals surface area (Å²) < 4.78 is 10.8. The van der Waals surface area contributed by atoms with Gasteiger partial charge in [-0.05, 0) is 68.0 Å². The minimum atomic E-state index is -0.316. The number of hydrogen-bond acceptors (Lipinski definition) is 4. The van der Waals surface area contributed by atoms with E-state index in [1.807, 2.05) is 36.4 Å². The first-order valence-electron chi connectivity index (χ1n) is 8.91. The number of phenols is 1. The predicted molar refractivity (Wildman–Crippen MR) is 103 cm³/mol. The molecule has 0 saturated heterocycles. The highest BCUT2D eigenvalue weighted by atomic mass is 16.5. The van der Waals surface area contributed by atoms with Crippen molar-refractivity contribution in [2.24, 2.45) is 0 Å². The average molecular weight is 354 g/mol. The summed E-state index contributed by atoms with van der Waals surface area (Å²) in [7, 11) is 0. The summed E-state index contributed by atoms with van der Waals surface area (Å²) in [5.41, 5.74) is 2.58. The van der Waals surface area contributed by atoms with Crippen molar-refractivity contribution in [1.29, 1.82) is 0 Å². The van der Waals surface area contributed by atoms with Crippen LogP contribution in [0, 0.1) is 0 Å². The van der Waals surface area contributed by atoms with E-state index < -0.39 is 0 Å². The van der Waals surface area contributed by atoms with E-state index in [0.29, 0.717) is 18.8 Å². The second-order valence-corrected chi connectivity index (χ2v) is 6.25. The molecule has 0 amide bonds. The number of rotatable bonds is 10. The zero-order chi connectivity index (χ0) is 18.8. The van der Waals surface area contributed by atoms with Crippen LogP contribution in [0.25, 0.3) is 11.1 Å². The number of hydrogen-bond donors (Lipinski definition) is 1. The van der Waals surface area contributed by atoms with Crippen LogP contribution in [0.15, 0.2) is 60.7 Å². The Kier molecular flexibility index (Phi) is 7.75. The molecular weight excluding hydrogens is 328 g/mol. The molecule has 1 N–H and O–H groups in total. The van der Waals surface area contributed by atoms with Crippen molar-refractivity contribution in [2.75, 3.05) is 13.2 Å². The van der Waals surface area contributed by atoms with Gasteiger partial charge in [-0.2, -0.15) is 0 Å². The number of phenolic OH excluding ortho intramolecular Hbond substituents is 1. The number of ether oxygens (including phenoxy) is 2. The van der Waals surface area contributed by atoms with Crippen LogP contribution in [0.2, 0.25) is 0 Å². The van der Waals surface area contributed by atoms with Crippen LogP contribution in [0.3, 0.4) is 0 Å². The Hall–Kier alpha value is -2.75. The summed E-state index contributed by atoms with van der Waals surface area (Å²) in [5, 5.41) is 9.34. The number of carbonyl (C=O) groups is 1. The van der Waals surface area contributed by atoms with Gasteiger partial charge in [0, 0.05) is 5.57 Å². The van der Waals surface area contributed by atoms with Gasteiger partial charge in [0.2, 0.25) is 0 Å². The van der Waals surface area contributed by atoms with E-state index in [1.165, 1.54) is 0 Å². The molecule has 0 fully saturated rings. The fourth-order valence-electron chi connectivity index (χ4n) is 2.43. The van der Waals surface area contributed by atoms with Crippen LogP contribution in [0.5, 0.6) is 11.5 Å². The van der Waals surface area contributed by atoms with Gasteiger partial charge >= 0.3 is 5.97 Å². The molecule has 4 heteroatoms. The van der Waals surface area contributed by atoms with Crippen molar-refractivity contribution < 1.29 is 19.4 Å². The third-order valence-electron chi connectivity index (χ3n) is 3.94.